The fraction of sp³-hybridized carbons (Fsp3) is 0.966. The van der Waals surface area contributed by atoms with E-state index in [1.165, 1.54) is 94.8 Å². The van der Waals surface area contributed by atoms with Gasteiger partial charge in [0.15, 0.2) is 0 Å². The molecule has 9 nitrogen and oxygen atoms in total. The summed E-state index contributed by atoms with van der Waals surface area (Å²) in [7, 11) is 1.29. The molecule has 0 saturated carbocycles. The first-order valence-corrected chi connectivity index (χ1v) is 17.0. The summed E-state index contributed by atoms with van der Waals surface area (Å²) in [6.45, 7) is 5.51. The number of carbonyl (C=O) groups is 1. The van der Waals surface area contributed by atoms with Gasteiger partial charge in [0, 0.05) is 13.2 Å². The number of hydrogen-bond acceptors (Lipinski definition) is 6. The molecule has 0 fully saturated rings. The molecule has 0 aliphatic rings. The van der Waals surface area contributed by atoms with Crippen molar-refractivity contribution in [1.29, 1.82) is 0 Å². The smallest absolute Gasteiger partial charge is 0.314 e. The average Bonchev–Trinajstić information content (AvgIpc) is 2.84. The second-order valence-corrected chi connectivity index (χ2v) is 13.1. The first kappa shape index (κ1) is 38.3. The number of rotatable bonds is 28. The third kappa shape index (κ3) is 26.0. The van der Waals surface area contributed by atoms with Gasteiger partial charge in [-0.05, 0) is 13.3 Å². The van der Waals surface area contributed by atoms with Crippen LogP contribution in [-0.2, 0) is 18.3 Å². The molecule has 0 aromatic carbocycles. The second-order valence-electron chi connectivity index (χ2n) is 11.8. The van der Waals surface area contributed by atoms with Crippen LogP contribution in [0.4, 0.5) is 4.79 Å². The normalized spacial score (nSPS) is 14.3. The van der Waals surface area contributed by atoms with Crippen LogP contribution in [0.3, 0.4) is 0 Å². The van der Waals surface area contributed by atoms with Crippen molar-refractivity contribution in [2.24, 2.45) is 5.73 Å². The number of carbonyl (C=O) groups excluding carboxylic acids is 1. The quantitative estimate of drug-likeness (QED) is 0.0667. The van der Waals surface area contributed by atoms with Crippen molar-refractivity contribution < 1.29 is 32.5 Å². The maximum atomic E-state index is 12.3. The van der Waals surface area contributed by atoms with E-state index in [4.69, 9.17) is 19.5 Å². The summed E-state index contributed by atoms with van der Waals surface area (Å²) >= 11 is 0. The van der Waals surface area contributed by atoms with Gasteiger partial charge in [0.1, 0.15) is 19.3 Å². The van der Waals surface area contributed by atoms with Crippen LogP contribution in [0.1, 0.15) is 117 Å². The van der Waals surface area contributed by atoms with Crippen LogP contribution < -0.4 is 10.6 Å². The van der Waals surface area contributed by atoms with Crippen LogP contribution >= 0.6 is 7.82 Å². The second kappa shape index (κ2) is 24.0. The monoisotopic (exact) mass is 579 g/mol. The van der Waals surface area contributed by atoms with E-state index < -0.39 is 20.0 Å². The Balaban J connectivity index is 4.01. The summed E-state index contributed by atoms with van der Waals surface area (Å²) in [6.07, 6.45) is 20.0. The number of phosphoric ester groups is 1. The van der Waals surface area contributed by atoms with Gasteiger partial charge in [-0.1, -0.05) is 103 Å². The van der Waals surface area contributed by atoms with Crippen molar-refractivity contribution in [3.63, 3.8) is 0 Å². The molecule has 234 valence electrons. The third-order valence-electron chi connectivity index (χ3n) is 6.85. The molecular weight excluding hydrogens is 517 g/mol. The van der Waals surface area contributed by atoms with E-state index in [1.807, 2.05) is 21.1 Å². The Morgan fingerprint density at radius 2 is 1.28 bits per heavy atom. The molecule has 39 heavy (non-hydrogen) atoms. The molecule has 0 spiro atoms. The number of hydrogen-bond donors (Lipinski definition) is 1. The highest BCUT2D eigenvalue weighted by molar-refractivity contribution is 7.45. The molecule has 0 aromatic rings. The minimum absolute atomic E-state index is 0.0182. The van der Waals surface area contributed by atoms with Crippen LogP contribution in [-0.4, -0.2) is 82.1 Å². The maximum absolute atomic E-state index is 12.3. The summed E-state index contributed by atoms with van der Waals surface area (Å²) in [5.74, 6) is 0. The largest absolute Gasteiger partial charge is 0.756 e. The molecule has 10 heteroatoms. The molecule has 0 heterocycles. The summed E-state index contributed by atoms with van der Waals surface area (Å²) in [5.41, 5.74) is 5.40. The Labute approximate surface area is 240 Å². The number of primary amides is 1. The van der Waals surface area contributed by atoms with Gasteiger partial charge in [0.2, 0.25) is 0 Å². The first-order valence-electron chi connectivity index (χ1n) is 15.6. The summed E-state index contributed by atoms with van der Waals surface area (Å²) in [6, 6.07) is -0.629. The highest BCUT2D eigenvalue weighted by Crippen LogP contribution is 2.40. The standard InChI is InChI=1S/C29H62N3O6P/c1-6-8-9-10-11-12-13-14-15-16-17-18-19-20-21-22-24-36-27-28(26-31(7-2)29(30)33)38-39(34,35)37-25-23-32(3,4)5/h28H,6-27H2,1-5H3,(H2-,30,33,34,35). The summed E-state index contributed by atoms with van der Waals surface area (Å²) < 4.78 is 28.9. The van der Waals surface area contributed by atoms with Crippen molar-refractivity contribution in [1.82, 2.24) is 4.90 Å². The van der Waals surface area contributed by atoms with Gasteiger partial charge in [-0.15, -0.1) is 0 Å². The van der Waals surface area contributed by atoms with Gasteiger partial charge in [-0.3, -0.25) is 4.57 Å². The van der Waals surface area contributed by atoms with Crippen molar-refractivity contribution in [3.8, 4) is 0 Å². The zero-order valence-corrected chi connectivity index (χ0v) is 26.9. The lowest BCUT2D eigenvalue weighted by atomic mass is 10.0. The number of phosphoric acid groups is 1. The zero-order valence-electron chi connectivity index (χ0n) is 26.0. The first-order chi connectivity index (χ1) is 18.5. The number of nitrogens with zero attached hydrogens (tertiary/aromatic N) is 2. The maximum Gasteiger partial charge on any atom is 0.314 e. The molecule has 0 rings (SSSR count). The van der Waals surface area contributed by atoms with Crippen LogP contribution in [0, 0.1) is 0 Å². The van der Waals surface area contributed by atoms with E-state index in [2.05, 4.69) is 6.92 Å². The van der Waals surface area contributed by atoms with E-state index in [9.17, 15) is 14.3 Å². The molecule has 0 aliphatic carbocycles. The molecule has 2 atom stereocenters. The zero-order chi connectivity index (χ0) is 29.4. The van der Waals surface area contributed by atoms with Gasteiger partial charge in [0.25, 0.3) is 7.82 Å². The molecule has 0 bridgehead atoms. The van der Waals surface area contributed by atoms with E-state index >= 15 is 0 Å². The number of urea groups is 1. The number of quaternary nitrogens is 1. The van der Waals surface area contributed by atoms with Gasteiger partial charge < -0.3 is 33.8 Å². The lowest BCUT2D eigenvalue weighted by Crippen LogP contribution is -2.43. The molecule has 0 radical (unpaired) electrons. The molecule has 0 saturated heterocycles. The molecule has 2 unspecified atom stereocenters. The molecule has 2 N–H and O–H groups in total. The van der Waals surface area contributed by atoms with Crippen molar-refractivity contribution in [2.45, 2.75) is 123 Å². The number of nitrogens with two attached hydrogens (primary N) is 1. The summed E-state index contributed by atoms with van der Waals surface area (Å²) in [5, 5.41) is 0. The highest BCUT2D eigenvalue weighted by Gasteiger charge is 2.23. The Morgan fingerprint density at radius 1 is 0.821 bits per heavy atom. The van der Waals surface area contributed by atoms with Crippen LogP contribution in [0.15, 0.2) is 0 Å². The van der Waals surface area contributed by atoms with Crippen molar-refractivity contribution in [2.75, 3.05) is 60.6 Å². The fourth-order valence-electron chi connectivity index (χ4n) is 4.34. The molecular formula is C29H62N3O6P. The molecule has 0 aliphatic heterocycles. The SMILES string of the molecule is CCCCCCCCCCCCCCCCCCOCC(CN(CC)C(N)=O)OP(=O)([O-])OCC[N+](C)(C)C. The topological polar surface area (TPSA) is 114 Å². The van der Waals surface area contributed by atoms with Gasteiger partial charge in [0.05, 0.1) is 34.3 Å². The average molecular weight is 580 g/mol. The van der Waals surface area contributed by atoms with Gasteiger partial charge in [-0.25, -0.2) is 4.79 Å². The lowest BCUT2D eigenvalue weighted by molar-refractivity contribution is -0.870. The Bertz CT molecular complexity index is 633. The van der Waals surface area contributed by atoms with Crippen LogP contribution in [0.2, 0.25) is 0 Å². The summed E-state index contributed by atoms with van der Waals surface area (Å²) in [4.78, 5) is 25.3. The Hall–Kier alpha value is -0.700. The fourth-order valence-corrected chi connectivity index (χ4v) is 5.20. The molecule has 0 aromatic heterocycles. The third-order valence-corrected chi connectivity index (χ3v) is 7.91. The van der Waals surface area contributed by atoms with Crippen molar-refractivity contribution in [3.05, 3.63) is 0 Å². The van der Waals surface area contributed by atoms with Crippen LogP contribution in [0.5, 0.6) is 0 Å². The minimum atomic E-state index is -4.54. The lowest BCUT2D eigenvalue weighted by Gasteiger charge is -2.32. The van der Waals surface area contributed by atoms with E-state index in [0.29, 0.717) is 24.2 Å². The van der Waals surface area contributed by atoms with E-state index in [1.54, 1.807) is 6.92 Å². The number of likely N-dealkylation sites (N-methyl/N-ethyl adjacent to an activating group) is 2. The van der Waals surface area contributed by atoms with Gasteiger partial charge >= 0.3 is 6.03 Å². The number of ether oxygens (including phenoxy) is 1. The highest BCUT2D eigenvalue weighted by atomic mass is 31.2. The van der Waals surface area contributed by atoms with Crippen LogP contribution in [0.25, 0.3) is 0 Å². The van der Waals surface area contributed by atoms with Crippen molar-refractivity contribution >= 4 is 13.9 Å². The molecule has 2 amide bonds. The Kier molecular flexibility index (Phi) is 23.5. The predicted molar refractivity (Wildman–Crippen MR) is 159 cm³/mol. The number of amides is 2. The van der Waals surface area contributed by atoms with E-state index in [-0.39, 0.29) is 19.8 Å². The van der Waals surface area contributed by atoms with Gasteiger partial charge in [-0.2, -0.15) is 0 Å². The van der Waals surface area contributed by atoms with E-state index in [0.717, 1.165) is 12.8 Å². The predicted octanol–water partition coefficient (Wildman–Crippen LogP) is 6.24. The number of unbranched alkanes of at least 4 members (excludes halogenated alkanes) is 15. The Morgan fingerprint density at radius 3 is 1.69 bits per heavy atom. The minimum Gasteiger partial charge on any atom is -0.756 e.